The number of piperidine rings is 1. The first-order valence-electron chi connectivity index (χ1n) is 10.2. The van der Waals surface area contributed by atoms with E-state index in [2.05, 4.69) is 24.8 Å². The van der Waals surface area contributed by atoms with Crippen LogP contribution in [-0.4, -0.2) is 76.0 Å². The van der Waals surface area contributed by atoms with Crippen LogP contribution in [0.2, 0.25) is 0 Å². The third-order valence-corrected chi connectivity index (χ3v) is 6.45. The van der Waals surface area contributed by atoms with Crippen LogP contribution >= 0.6 is 0 Å². The van der Waals surface area contributed by atoms with Crippen LogP contribution in [0.3, 0.4) is 0 Å². The SMILES string of the molecule is COC(=O)c1cn([C@@H]2CCN(CC(=O)N3CCC[C@@H]4CCCC[C@H]43)C2)nn1. The van der Waals surface area contributed by atoms with E-state index in [-0.39, 0.29) is 17.6 Å². The summed E-state index contributed by atoms with van der Waals surface area (Å²) < 4.78 is 6.41. The molecule has 27 heavy (non-hydrogen) atoms. The number of fused-ring (bicyclic) bond motifs is 1. The van der Waals surface area contributed by atoms with Crippen molar-refractivity contribution in [2.24, 2.45) is 5.92 Å². The molecule has 1 saturated carbocycles. The van der Waals surface area contributed by atoms with Gasteiger partial charge in [0.1, 0.15) is 0 Å². The second-order valence-corrected chi connectivity index (χ2v) is 8.09. The molecule has 3 heterocycles. The Morgan fingerprint density at radius 3 is 2.81 bits per heavy atom. The third kappa shape index (κ3) is 3.85. The Hall–Kier alpha value is -1.96. The smallest absolute Gasteiger partial charge is 0.360 e. The van der Waals surface area contributed by atoms with Gasteiger partial charge < -0.3 is 9.64 Å². The zero-order valence-corrected chi connectivity index (χ0v) is 16.0. The maximum absolute atomic E-state index is 13.0. The highest BCUT2D eigenvalue weighted by atomic mass is 16.5. The van der Waals surface area contributed by atoms with Crippen LogP contribution in [0.5, 0.6) is 0 Å². The van der Waals surface area contributed by atoms with Gasteiger partial charge in [-0.2, -0.15) is 0 Å². The summed E-state index contributed by atoms with van der Waals surface area (Å²) in [5, 5.41) is 7.95. The van der Waals surface area contributed by atoms with Crippen molar-refractivity contribution in [3.05, 3.63) is 11.9 Å². The van der Waals surface area contributed by atoms with Crippen LogP contribution < -0.4 is 0 Å². The summed E-state index contributed by atoms with van der Waals surface area (Å²) in [4.78, 5) is 28.9. The molecular weight excluding hydrogens is 346 g/mol. The Morgan fingerprint density at radius 2 is 1.96 bits per heavy atom. The fourth-order valence-corrected chi connectivity index (χ4v) is 5.04. The van der Waals surface area contributed by atoms with Gasteiger partial charge in [0.05, 0.1) is 25.9 Å². The fraction of sp³-hybridized carbons (Fsp3) is 0.789. The van der Waals surface area contributed by atoms with Crippen molar-refractivity contribution in [1.29, 1.82) is 0 Å². The van der Waals surface area contributed by atoms with Crippen molar-refractivity contribution in [2.75, 3.05) is 33.3 Å². The minimum Gasteiger partial charge on any atom is -0.464 e. The first-order chi connectivity index (χ1) is 13.2. The van der Waals surface area contributed by atoms with E-state index in [4.69, 9.17) is 0 Å². The average Bonchev–Trinajstić information content (AvgIpc) is 3.36. The van der Waals surface area contributed by atoms with Gasteiger partial charge in [0.25, 0.3) is 0 Å². The fourth-order valence-electron chi connectivity index (χ4n) is 5.04. The molecule has 0 radical (unpaired) electrons. The lowest BCUT2D eigenvalue weighted by Crippen LogP contribution is -2.52. The lowest BCUT2D eigenvalue weighted by atomic mass is 9.78. The number of rotatable bonds is 4. The summed E-state index contributed by atoms with van der Waals surface area (Å²) in [7, 11) is 1.34. The van der Waals surface area contributed by atoms with Gasteiger partial charge in [-0.15, -0.1) is 5.10 Å². The number of aromatic nitrogens is 3. The van der Waals surface area contributed by atoms with Crippen molar-refractivity contribution >= 4 is 11.9 Å². The molecule has 0 aromatic carbocycles. The number of hydrogen-bond acceptors (Lipinski definition) is 6. The molecule has 3 fully saturated rings. The predicted molar refractivity (Wildman–Crippen MR) is 98.1 cm³/mol. The Kier molecular flexibility index (Phi) is 5.43. The van der Waals surface area contributed by atoms with Gasteiger partial charge >= 0.3 is 5.97 Å². The molecule has 2 saturated heterocycles. The van der Waals surface area contributed by atoms with Crippen LogP contribution in [0.25, 0.3) is 0 Å². The van der Waals surface area contributed by atoms with Gasteiger partial charge in [-0.1, -0.05) is 18.1 Å². The summed E-state index contributed by atoms with van der Waals surface area (Å²) in [5.41, 5.74) is 0.226. The van der Waals surface area contributed by atoms with Crippen molar-refractivity contribution in [1.82, 2.24) is 24.8 Å². The van der Waals surface area contributed by atoms with Crippen LogP contribution in [0.1, 0.15) is 61.5 Å². The van der Waals surface area contributed by atoms with Crippen LogP contribution in [0, 0.1) is 5.92 Å². The van der Waals surface area contributed by atoms with Gasteiger partial charge in [-0.25, -0.2) is 9.48 Å². The number of esters is 1. The Balaban J connectivity index is 1.33. The number of carbonyl (C=O) groups is 2. The van der Waals surface area contributed by atoms with E-state index < -0.39 is 5.97 Å². The second kappa shape index (κ2) is 7.96. The zero-order chi connectivity index (χ0) is 18.8. The molecule has 0 spiro atoms. The summed E-state index contributed by atoms with van der Waals surface area (Å²) in [6.45, 7) is 3.03. The molecular formula is C19H29N5O3. The molecule has 0 unspecified atom stereocenters. The Morgan fingerprint density at radius 1 is 1.15 bits per heavy atom. The minimum absolute atomic E-state index is 0.146. The summed E-state index contributed by atoms with van der Waals surface area (Å²) in [6.07, 6.45) is 10.0. The van der Waals surface area contributed by atoms with E-state index >= 15 is 0 Å². The highest BCUT2D eigenvalue weighted by molar-refractivity contribution is 5.86. The van der Waals surface area contributed by atoms with E-state index in [1.54, 1.807) is 10.9 Å². The lowest BCUT2D eigenvalue weighted by Gasteiger charge is -2.44. The molecule has 1 aliphatic carbocycles. The molecule has 1 amide bonds. The highest BCUT2D eigenvalue weighted by Gasteiger charge is 2.36. The standard InChI is InChI=1S/C19H29N5O3/c1-27-19(26)16-12-24(21-20-16)15-8-10-22(11-15)13-18(25)23-9-4-6-14-5-2-3-7-17(14)23/h12,14-15,17H,2-11,13H2,1H3/t14-,15+,17+/m0/s1. The molecule has 1 aromatic rings. The van der Waals surface area contributed by atoms with Crippen molar-refractivity contribution < 1.29 is 14.3 Å². The number of hydrogen-bond donors (Lipinski definition) is 0. The topological polar surface area (TPSA) is 80.6 Å². The average molecular weight is 375 g/mol. The molecule has 3 aliphatic rings. The third-order valence-electron chi connectivity index (χ3n) is 6.45. The number of likely N-dealkylation sites (tertiary alicyclic amines) is 2. The molecule has 3 atom stereocenters. The minimum atomic E-state index is -0.474. The van der Waals surface area contributed by atoms with Gasteiger partial charge in [0.2, 0.25) is 5.91 Å². The zero-order valence-electron chi connectivity index (χ0n) is 16.0. The summed E-state index contributed by atoms with van der Waals surface area (Å²) in [6, 6.07) is 0.615. The van der Waals surface area contributed by atoms with Gasteiger partial charge in [-0.05, 0) is 38.0 Å². The molecule has 8 nitrogen and oxygen atoms in total. The molecule has 0 N–H and O–H groups in total. The number of methoxy groups -OCH3 is 1. The number of ether oxygens (including phenoxy) is 1. The van der Waals surface area contributed by atoms with Crippen molar-refractivity contribution in [3.63, 3.8) is 0 Å². The van der Waals surface area contributed by atoms with E-state index in [1.165, 1.54) is 39.2 Å². The van der Waals surface area contributed by atoms with E-state index in [9.17, 15) is 9.59 Å². The van der Waals surface area contributed by atoms with Crippen LogP contribution in [-0.2, 0) is 9.53 Å². The monoisotopic (exact) mass is 375 g/mol. The number of carbonyl (C=O) groups excluding carboxylic acids is 2. The van der Waals surface area contributed by atoms with Crippen LogP contribution in [0.15, 0.2) is 6.20 Å². The molecule has 0 bridgehead atoms. The van der Waals surface area contributed by atoms with Crippen LogP contribution in [0.4, 0.5) is 0 Å². The van der Waals surface area contributed by atoms with Gasteiger partial charge in [0, 0.05) is 25.7 Å². The van der Waals surface area contributed by atoms with E-state index in [0.29, 0.717) is 12.6 Å². The van der Waals surface area contributed by atoms with Crippen molar-refractivity contribution in [2.45, 2.75) is 57.0 Å². The largest absolute Gasteiger partial charge is 0.464 e. The predicted octanol–water partition coefficient (Wildman–Crippen LogP) is 1.49. The Bertz CT molecular complexity index is 689. The molecule has 4 rings (SSSR count). The van der Waals surface area contributed by atoms with E-state index in [1.807, 2.05) is 0 Å². The summed E-state index contributed by atoms with van der Waals surface area (Å²) >= 11 is 0. The first kappa shape index (κ1) is 18.4. The van der Waals surface area contributed by atoms with Gasteiger partial charge in [-0.3, -0.25) is 9.69 Å². The maximum Gasteiger partial charge on any atom is 0.360 e. The molecule has 8 heteroatoms. The summed E-state index contributed by atoms with van der Waals surface area (Å²) in [5.74, 6) is 0.522. The van der Waals surface area contributed by atoms with Gasteiger partial charge in [0.15, 0.2) is 5.69 Å². The van der Waals surface area contributed by atoms with Crippen molar-refractivity contribution in [3.8, 4) is 0 Å². The molecule has 148 valence electrons. The normalized spacial score (nSPS) is 28.8. The molecule has 1 aromatic heterocycles. The van der Waals surface area contributed by atoms with E-state index in [0.717, 1.165) is 38.4 Å². The first-order valence-corrected chi connectivity index (χ1v) is 10.2. The number of nitrogens with zero attached hydrogens (tertiary/aromatic N) is 5. The quantitative estimate of drug-likeness (QED) is 0.742. The Labute approximate surface area is 159 Å². The molecule has 2 aliphatic heterocycles. The lowest BCUT2D eigenvalue weighted by molar-refractivity contribution is -0.138. The second-order valence-electron chi connectivity index (χ2n) is 8.09. The maximum atomic E-state index is 13.0. The number of amides is 1. The highest BCUT2D eigenvalue weighted by Crippen LogP contribution is 2.35.